The summed E-state index contributed by atoms with van der Waals surface area (Å²) in [5.41, 5.74) is -0.195. The van der Waals surface area contributed by atoms with E-state index in [9.17, 15) is 9.59 Å². The molecule has 2 rings (SSSR count). The highest BCUT2D eigenvalue weighted by Gasteiger charge is 2.52. The minimum absolute atomic E-state index is 0.241. The van der Waals surface area contributed by atoms with Crippen molar-refractivity contribution in [3.63, 3.8) is 0 Å². The van der Waals surface area contributed by atoms with Crippen molar-refractivity contribution in [2.24, 2.45) is 5.41 Å². The predicted octanol–water partition coefficient (Wildman–Crippen LogP) is 2.91. The molecule has 140 valence electrons. The van der Waals surface area contributed by atoms with E-state index in [-0.39, 0.29) is 12.9 Å². The summed E-state index contributed by atoms with van der Waals surface area (Å²) >= 11 is 0. The van der Waals surface area contributed by atoms with E-state index in [1.807, 2.05) is 55.4 Å². The van der Waals surface area contributed by atoms with E-state index < -0.39 is 41.8 Å². The molecule has 6 nitrogen and oxygen atoms in total. The van der Waals surface area contributed by atoms with Crippen molar-refractivity contribution >= 4 is 19.1 Å². The second-order valence-electron chi connectivity index (χ2n) is 8.75. The highest BCUT2D eigenvalue weighted by Crippen LogP contribution is 2.39. The highest BCUT2D eigenvalue weighted by molar-refractivity contribution is 6.47. The van der Waals surface area contributed by atoms with Gasteiger partial charge in [-0.15, -0.1) is 0 Å². The van der Waals surface area contributed by atoms with Gasteiger partial charge >= 0.3 is 19.1 Å². The fourth-order valence-corrected chi connectivity index (χ4v) is 2.82. The quantitative estimate of drug-likeness (QED) is 0.440. The van der Waals surface area contributed by atoms with Gasteiger partial charge in [-0.3, -0.25) is 0 Å². The first kappa shape index (κ1) is 20.0. The van der Waals surface area contributed by atoms with Gasteiger partial charge in [0, 0.05) is 17.3 Å². The van der Waals surface area contributed by atoms with E-state index >= 15 is 0 Å². The summed E-state index contributed by atoms with van der Waals surface area (Å²) < 4.78 is 22.5. The van der Waals surface area contributed by atoms with Gasteiger partial charge in [0.05, 0.1) is 11.2 Å². The molecule has 0 unspecified atom stereocenters. The molecule has 0 aromatic rings. The van der Waals surface area contributed by atoms with Crippen LogP contribution < -0.4 is 0 Å². The smallest absolute Gasteiger partial charge is 0.462 e. The molecular weight excluding hydrogens is 323 g/mol. The fourth-order valence-electron chi connectivity index (χ4n) is 2.82. The van der Waals surface area contributed by atoms with Gasteiger partial charge in [-0.05, 0) is 41.5 Å². The molecule has 2 heterocycles. The third-order valence-corrected chi connectivity index (χ3v) is 5.26. The molecule has 0 amide bonds. The van der Waals surface area contributed by atoms with Crippen molar-refractivity contribution in [2.75, 3.05) is 6.61 Å². The van der Waals surface area contributed by atoms with Crippen LogP contribution in [0.4, 0.5) is 0 Å². The van der Waals surface area contributed by atoms with E-state index in [0.29, 0.717) is 5.57 Å². The Bertz CT molecular complexity index is 585. The number of carbonyl (C=O) groups excluding carboxylic acids is 2. The molecule has 0 bridgehead atoms. The minimum Gasteiger partial charge on any atom is -0.462 e. The molecule has 0 saturated carbocycles. The number of cyclic esters (lactones) is 1. The molecule has 2 saturated heterocycles. The molecule has 0 radical (unpaired) electrons. The molecule has 2 aliphatic rings. The normalized spacial score (nSPS) is 26.3. The van der Waals surface area contributed by atoms with Gasteiger partial charge in [-0.1, -0.05) is 19.4 Å². The van der Waals surface area contributed by atoms with Crippen LogP contribution in [0.1, 0.15) is 55.4 Å². The van der Waals surface area contributed by atoms with Crippen LogP contribution in [-0.4, -0.2) is 43.0 Å². The molecule has 25 heavy (non-hydrogen) atoms. The summed E-state index contributed by atoms with van der Waals surface area (Å²) in [5.74, 6) is -1.02. The van der Waals surface area contributed by atoms with Crippen molar-refractivity contribution in [1.82, 2.24) is 0 Å². The maximum atomic E-state index is 12.7. The van der Waals surface area contributed by atoms with Crippen LogP contribution >= 0.6 is 0 Å². The Kier molecular flexibility index (Phi) is 5.14. The number of allylic oxidation sites excluding steroid dienone is 1. The lowest BCUT2D eigenvalue weighted by atomic mass is 9.79. The third-order valence-electron chi connectivity index (χ3n) is 5.26. The van der Waals surface area contributed by atoms with Gasteiger partial charge in [0.2, 0.25) is 6.10 Å². The second-order valence-corrected chi connectivity index (χ2v) is 8.75. The summed E-state index contributed by atoms with van der Waals surface area (Å²) in [7, 11) is -0.536. The molecule has 0 aliphatic carbocycles. The lowest BCUT2D eigenvalue weighted by molar-refractivity contribution is -0.160. The predicted molar refractivity (Wildman–Crippen MR) is 93.9 cm³/mol. The molecule has 0 aromatic heterocycles. The van der Waals surface area contributed by atoms with Crippen molar-refractivity contribution in [2.45, 2.75) is 79.0 Å². The first-order valence-corrected chi connectivity index (χ1v) is 8.66. The van der Waals surface area contributed by atoms with Crippen LogP contribution in [0.5, 0.6) is 0 Å². The lowest BCUT2D eigenvalue weighted by Gasteiger charge is -2.32. The van der Waals surface area contributed by atoms with E-state index in [0.717, 1.165) is 5.57 Å². The number of rotatable bonds is 4. The van der Waals surface area contributed by atoms with E-state index in [2.05, 4.69) is 0 Å². The van der Waals surface area contributed by atoms with E-state index in [1.165, 1.54) is 0 Å². The topological polar surface area (TPSA) is 71.1 Å². The largest absolute Gasteiger partial charge is 0.462 e. The molecule has 0 spiro atoms. The highest BCUT2D eigenvalue weighted by atomic mass is 16.7. The number of hydrogen-bond donors (Lipinski definition) is 0. The first-order valence-electron chi connectivity index (χ1n) is 8.66. The summed E-state index contributed by atoms with van der Waals surface area (Å²) in [6, 6.07) is 0. The average molecular weight is 352 g/mol. The van der Waals surface area contributed by atoms with Crippen molar-refractivity contribution in [3.05, 3.63) is 11.1 Å². The van der Waals surface area contributed by atoms with Crippen LogP contribution in [0.2, 0.25) is 6.32 Å². The monoisotopic (exact) mass is 352 g/mol. The number of ether oxygens (including phenoxy) is 2. The molecule has 0 aromatic carbocycles. The Balaban J connectivity index is 2.11. The Hall–Kier alpha value is -1.34. The number of hydrogen-bond acceptors (Lipinski definition) is 6. The molecular formula is C18H29BO6. The molecule has 1 atom stereocenters. The summed E-state index contributed by atoms with van der Waals surface area (Å²) in [6.07, 6.45) is -0.622. The van der Waals surface area contributed by atoms with Crippen LogP contribution in [0.15, 0.2) is 11.1 Å². The zero-order chi connectivity index (χ0) is 19.2. The Morgan fingerprint density at radius 1 is 1.12 bits per heavy atom. The Labute approximate surface area is 150 Å². The summed E-state index contributed by atoms with van der Waals surface area (Å²) in [6.45, 7) is 15.4. The van der Waals surface area contributed by atoms with Crippen molar-refractivity contribution in [3.8, 4) is 0 Å². The van der Waals surface area contributed by atoms with E-state index in [4.69, 9.17) is 18.8 Å². The zero-order valence-corrected chi connectivity index (χ0v) is 16.5. The molecule has 2 fully saturated rings. The Morgan fingerprint density at radius 2 is 1.64 bits per heavy atom. The van der Waals surface area contributed by atoms with Gasteiger partial charge in [0.15, 0.2) is 0 Å². The SMILES string of the molecule is CC(C)=C(CB1OC(C)(C)C(C)(C)O1)C(=O)O[C@H]1C(=O)OCC1(C)C. The van der Waals surface area contributed by atoms with Crippen LogP contribution in [-0.2, 0) is 28.4 Å². The number of carbonyl (C=O) groups is 2. The minimum atomic E-state index is -0.896. The summed E-state index contributed by atoms with van der Waals surface area (Å²) in [4.78, 5) is 24.6. The maximum Gasteiger partial charge on any atom is 0.462 e. The van der Waals surface area contributed by atoms with Gasteiger partial charge in [-0.2, -0.15) is 0 Å². The van der Waals surface area contributed by atoms with Gasteiger partial charge in [-0.25, -0.2) is 9.59 Å². The first-order chi connectivity index (χ1) is 11.3. The van der Waals surface area contributed by atoms with Gasteiger partial charge < -0.3 is 18.8 Å². The standard InChI is InChI=1S/C18H29BO6/c1-11(2)12(9-19-24-17(5,6)18(7,8)25-19)14(20)23-13-15(21)22-10-16(13,3)4/h13H,9-10H2,1-8H3/t13-/m0/s1. The lowest BCUT2D eigenvalue weighted by Crippen LogP contribution is -2.41. The number of esters is 2. The van der Waals surface area contributed by atoms with Gasteiger partial charge in [0.25, 0.3) is 0 Å². The van der Waals surface area contributed by atoms with Gasteiger partial charge in [0.1, 0.15) is 6.61 Å². The van der Waals surface area contributed by atoms with Crippen LogP contribution in [0, 0.1) is 5.41 Å². The van der Waals surface area contributed by atoms with Crippen LogP contribution in [0.25, 0.3) is 0 Å². The molecule has 7 heteroatoms. The fraction of sp³-hybridized carbons (Fsp3) is 0.778. The zero-order valence-electron chi connectivity index (χ0n) is 16.5. The second kappa shape index (κ2) is 6.43. The maximum absolute atomic E-state index is 12.7. The molecule has 0 N–H and O–H groups in total. The Morgan fingerprint density at radius 3 is 2.04 bits per heavy atom. The van der Waals surface area contributed by atoms with Crippen molar-refractivity contribution in [1.29, 1.82) is 0 Å². The average Bonchev–Trinajstić information content (AvgIpc) is 2.81. The molecule has 2 aliphatic heterocycles. The summed E-state index contributed by atoms with van der Waals surface area (Å²) in [5, 5.41) is 0. The van der Waals surface area contributed by atoms with Crippen LogP contribution in [0.3, 0.4) is 0 Å². The van der Waals surface area contributed by atoms with Crippen molar-refractivity contribution < 1.29 is 28.4 Å². The third kappa shape index (κ3) is 3.92. The van der Waals surface area contributed by atoms with E-state index in [1.54, 1.807) is 0 Å².